The predicted molar refractivity (Wildman–Crippen MR) is 76.4 cm³/mol. The normalized spacial score (nSPS) is 14.9. The van der Waals surface area contributed by atoms with E-state index in [1.807, 2.05) is 19.1 Å². The van der Waals surface area contributed by atoms with E-state index in [2.05, 4.69) is 37.9 Å². The number of aryl methyl sites for hydroxylation is 2. The standard InChI is InChI=1S/C13H13IN2/c1-4-11-7-8-14-16-13(11)12-9(2)5-6-10(3)15-12/h4-8H,1H2,2-3H3. The maximum atomic E-state index is 4.62. The Labute approximate surface area is 106 Å². The number of allylic oxidation sites excluding steroid dienone is 3. The first-order chi connectivity index (χ1) is 7.72. The minimum absolute atomic E-state index is 0.208. The average Bonchev–Trinajstić information content (AvgIpc) is 2.32. The second kappa shape index (κ2) is 4.82. The molecule has 3 heteroatoms. The Hall–Kier alpha value is -1.10. The van der Waals surface area contributed by atoms with E-state index in [0.29, 0.717) is 0 Å². The highest BCUT2D eigenvalue weighted by molar-refractivity contribution is 14.2. The maximum absolute atomic E-state index is 4.62. The van der Waals surface area contributed by atoms with Gasteiger partial charge in [-0.25, -0.2) is 3.15 Å². The molecule has 0 atom stereocenters. The molecule has 0 saturated heterocycles. The highest BCUT2D eigenvalue weighted by Crippen LogP contribution is 2.30. The fourth-order valence-electron chi connectivity index (χ4n) is 1.51. The molecule has 2 heterocycles. The molecule has 0 radical (unpaired) electrons. The largest absolute Gasteiger partial charge is 0.251 e. The molecule has 16 heavy (non-hydrogen) atoms. The molecule has 0 aliphatic carbocycles. The van der Waals surface area contributed by atoms with Crippen molar-refractivity contribution in [2.24, 2.45) is 3.15 Å². The van der Waals surface area contributed by atoms with Crippen LogP contribution in [-0.2, 0) is 0 Å². The molecule has 0 aromatic carbocycles. The van der Waals surface area contributed by atoms with Gasteiger partial charge in [0.25, 0.3) is 0 Å². The Balaban J connectivity index is 2.63. The van der Waals surface area contributed by atoms with Gasteiger partial charge in [-0.2, -0.15) is 0 Å². The van der Waals surface area contributed by atoms with E-state index in [0.717, 1.165) is 22.7 Å². The molecule has 1 aliphatic heterocycles. The monoisotopic (exact) mass is 324 g/mol. The summed E-state index contributed by atoms with van der Waals surface area (Å²) in [5.41, 5.74) is 5.28. The van der Waals surface area contributed by atoms with E-state index in [1.54, 1.807) is 0 Å². The van der Waals surface area contributed by atoms with Gasteiger partial charge in [-0.3, -0.25) is 4.98 Å². The molecular formula is C13H13IN2. The quantitative estimate of drug-likeness (QED) is 0.746. The lowest BCUT2D eigenvalue weighted by molar-refractivity contribution is 1.13. The van der Waals surface area contributed by atoms with Crippen LogP contribution in [0.15, 0.2) is 43.7 Å². The molecular weight excluding hydrogens is 311 g/mol. The van der Waals surface area contributed by atoms with Gasteiger partial charge in [-0.1, -0.05) is 18.7 Å². The van der Waals surface area contributed by atoms with Crippen molar-refractivity contribution in [1.82, 2.24) is 4.98 Å². The van der Waals surface area contributed by atoms with Gasteiger partial charge in [0.2, 0.25) is 0 Å². The van der Waals surface area contributed by atoms with Crippen LogP contribution in [-0.4, -0.2) is 4.98 Å². The van der Waals surface area contributed by atoms with Crippen molar-refractivity contribution in [3.63, 3.8) is 0 Å². The van der Waals surface area contributed by atoms with E-state index in [1.165, 1.54) is 5.56 Å². The third kappa shape index (κ3) is 2.19. The molecule has 0 unspecified atom stereocenters. The van der Waals surface area contributed by atoms with E-state index in [4.69, 9.17) is 0 Å². The Morgan fingerprint density at radius 3 is 2.88 bits per heavy atom. The Kier molecular flexibility index (Phi) is 3.43. The van der Waals surface area contributed by atoms with Gasteiger partial charge in [-0.15, -0.1) is 0 Å². The Morgan fingerprint density at radius 2 is 2.12 bits per heavy atom. The first-order valence-electron chi connectivity index (χ1n) is 5.04. The van der Waals surface area contributed by atoms with Gasteiger partial charge in [0.15, 0.2) is 0 Å². The van der Waals surface area contributed by atoms with Crippen molar-refractivity contribution < 1.29 is 0 Å². The number of nitrogens with zero attached hydrogens (tertiary/aromatic N) is 2. The number of rotatable bonds is 2. The van der Waals surface area contributed by atoms with E-state index in [9.17, 15) is 0 Å². The van der Waals surface area contributed by atoms with Gasteiger partial charge >= 0.3 is 0 Å². The Bertz CT molecular complexity index is 525. The summed E-state index contributed by atoms with van der Waals surface area (Å²) in [7, 11) is 0. The summed E-state index contributed by atoms with van der Waals surface area (Å²) in [5.74, 6) is 0. The van der Waals surface area contributed by atoms with Crippen molar-refractivity contribution >= 4 is 26.7 Å². The molecule has 0 saturated carbocycles. The van der Waals surface area contributed by atoms with Crippen LogP contribution in [0.2, 0.25) is 0 Å². The lowest BCUT2D eigenvalue weighted by atomic mass is 10.1. The third-order valence-electron chi connectivity index (χ3n) is 2.39. The first kappa shape index (κ1) is 11.4. The van der Waals surface area contributed by atoms with E-state index >= 15 is 0 Å². The summed E-state index contributed by atoms with van der Waals surface area (Å²) in [6.45, 7) is 7.90. The van der Waals surface area contributed by atoms with Crippen LogP contribution in [0.1, 0.15) is 17.0 Å². The molecule has 2 nitrogen and oxygen atoms in total. The molecule has 0 spiro atoms. The maximum Gasteiger partial charge on any atom is 0.102 e. The lowest BCUT2D eigenvalue weighted by Gasteiger charge is -2.10. The fraction of sp³-hybridized carbons (Fsp3) is 0.154. The minimum atomic E-state index is -0.208. The number of aromatic nitrogens is 1. The number of hydrogen-bond donors (Lipinski definition) is 0. The molecule has 82 valence electrons. The molecule has 1 aliphatic rings. The highest BCUT2D eigenvalue weighted by Gasteiger charge is 2.11. The van der Waals surface area contributed by atoms with Crippen LogP contribution in [0.3, 0.4) is 0 Å². The zero-order chi connectivity index (χ0) is 11.5. The summed E-state index contributed by atoms with van der Waals surface area (Å²) in [4.78, 5) is 4.58. The molecule has 0 fully saturated rings. The van der Waals surface area contributed by atoms with E-state index in [-0.39, 0.29) is 21.0 Å². The van der Waals surface area contributed by atoms with Gasteiger partial charge in [-0.05, 0) is 35.6 Å². The van der Waals surface area contributed by atoms with Gasteiger partial charge < -0.3 is 0 Å². The van der Waals surface area contributed by atoms with Crippen molar-refractivity contribution in [2.45, 2.75) is 13.8 Å². The van der Waals surface area contributed by atoms with Crippen molar-refractivity contribution in [3.8, 4) is 0 Å². The lowest BCUT2D eigenvalue weighted by Crippen LogP contribution is -1.96. The smallest absolute Gasteiger partial charge is 0.102 e. The summed E-state index contributed by atoms with van der Waals surface area (Å²) >= 11 is -0.208. The molecule has 0 N–H and O–H groups in total. The van der Waals surface area contributed by atoms with Gasteiger partial charge in [0.05, 0.1) is 5.69 Å². The van der Waals surface area contributed by atoms with Crippen LogP contribution in [0.4, 0.5) is 0 Å². The average molecular weight is 324 g/mol. The zero-order valence-electron chi connectivity index (χ0n) is 9.37. The van der Waals surface area contributed by atoms with Gasteiger partial charge in [0.1, 0.15) is 5.70 Å². The zero-order valence-corrected chi connectivity index (χ0v) is 11.5. The molecule has 1 aromatic heterocycles. The van der Waals surface area contributed by atoms with Crippen LogP contribution in [0.5, 0.6) is 0 Å². The van der Waals surface area contributed by atoms with E-state index < -0.39 is 0 Å². The summed E-state index contributed by atoms with van der Waals surface area (Å²) in [6.07, 6.45) is 3.95. The minimum Gasteiger partial charge on any atom is -0.251 e. The molecule has 0 amide bonds. The molecule has 0 bridgehead atoms. The molecule has 1 aromatic rings. The predicted octanol–water partition coefficient (Wildman–Crippen LogP) is 4.28. The SMILES string of the molecule is C=CC1=C(c2nc(C)ccc2C)N=IC=C1. The molecule has 2 rings (SSSR count). The summed E-state index contributed by atoms with van der Waals surface area (Å²) < 4.78 is 6.77. The summed E-state index contributed by atoms with van der Waals surface area (Å²) in [6, 6.07) is 4.12. The highest BCUT2D eigenvalue weighted by atomic mass is 127. The van der Waals surface area contributed by atoms with Crippen LogP contribution in [0, 0.1) is 13.8 Å². The summed E-state index contributed by atoms with van der Waals surface area (Å²) in [5, 5.41) is 0. The fourth-order valence-corrected chi connectivity index (χ4v) is 3.00. The first-order valence-corrected chi connectivity index (χ1v) is 7.25. The second-order valence-corrected chi connectivity index (χ2v) is 5.36. The van der Waals surface area contributed by atoms with Crippen LogP contribution < -0.4 is 0 Å². The number of halogens is 1. The third-order valence-corrected chi connectivity index (χ3v) is 3.83. The Morgan fingerprint density at radius 1 is 1.31 bits per heavy atom. The van der Waals surface area contributed by atoms with Crippen molar-refractivity contribution in [1.29, 1.82) is 0 Å². The second-order valence-electron chi connectivity index (χ2n) is 3.60. The van der Waals surface area contributed by atoms with Crippen molar-refractivity contribution in [3.05, 3.63) is 57.5 Å². The van der Waals surface area contributed by atoms with Gasteiger partial charge in [0, 0.05) is 32.3 Å². The number of pyridine rings is 1. The topological polar surface area (TPSA) is 25.2 Å². The van der Waals surface area contributed by atoms with Crippen molar-refractivity contribution in [2.75, 3.05) is 0 Å². The number of hydrogen-bond acceptors (Lipinski definition) is 2. The van der Waals surface area contributed by atoms with Crippen LogP contribution in [0.25, 0.3) is 5.70 Å². The van der Waals surface area contributed by atoms with Crippen LogP contribution >= 0.6 is 21.0 Å².